The topological polar surface area (TPSA) is 49.9 Å². The summed E-state index contributed by atoms with van der Waals surface area (Å²) in [6, 6.07) is 4.12. The van der Waals surface area contributed by atoms with E-state index in [1.807, 2.05) is 0 Å². The van der Waals surface area contributed by atoms with Gasteiger partial charge in [-0.1, -0.05) is 0 Å². The third kappa shape index (κ3) is 4.14. The van der Waals surface area contributed by atoms with Crippen LogP contribution in [0, 0.1) is 0 Å². The molecule has 1 heterocycles. The van der Waals surface area contributed by atoms with Crippen molar-refractivity contribution in [3.8, 4) is 0 Å². The second kappa shape index (κ2) is 6.89. The molecule has 2 amide bonds. The van der Waals surface area contributed by atoms with Crippen LogP contribution in [0.5, 0.6) is 0 Å². The highest BCUT2D eigenvalue weighted by Gasteiger charge is 2.31. The van der Waals surface area contributed by atoms with Gasteiger partial charge in [-0.05, 0) is 31.2 Å². The number of ether oxygens (including phenoxy) is 1. The highest BCUT2D eigenvalue weighted by Crippen LogP contribution is 2.29. The maximum Gasteiger partial charge on any atom is 0.416 e. The monoisotopic (exact) mass is 330 g/mol. The fraction of sp³-hybridized carbons (Fsp3) is 0.467. The zero-order valence-corrected chi connectivity index (χ0v) is 12.6. The van der Waals surface area contributed by atoms with Gasteiger partial charge in [0.05, 0.1) is 12.2 Å². The number of nitrogens with zero attached hydrogens (tertiary/aromatic N) is 2. The van der Waals surface area contributed by atoms with Crippen molar-refractivity contribution < 1.29 is 27.5 Å². The van der Waals surface area contributed by atoms with Crippen molar-refractivity contribution >= 4 is 12.0 Å². The lowest BCUT2D eigenvalue weighted by Gasteiger charge is -2.34. The average molecular weight is 330 g/mol. The summed E-state index contributed by atoms with van der Waals surface area (Å²) in [6.45, 7) is 3.31. The first kappa shape index (κ1) is 17.1. The van der Waals surface area contributed by atoms with Gasteiger partial charge in [0, 0.05) is 31.7 Å². The van der Waals surface area contributed by atoms with E-state index in [0.717, 1.165) is 12.1 Å². The van der Waals surface area contributed by atoms with Gasteiger partial charge < -0.3 is 14.5 Å². The third-order valence-electron chi connectivity index (χ3n) is 3.55. The van der Waals surface area contributed by atoms with Crippen LogP contribution in [0.2, 0.25) is 0 Å². The van der Waals surface area contributed by atoms with Gasteiger partial charge in [0.2, 0.25) is 0 Å². The summed E-state index contributed by atoms with van der Waals surface area (Å²) in [5, 5.41) is 0. The largest absolute Gasteiger partial charge is 0.450 e. The van der Waals surface area contributed by atoms with Crippen LogP contribution < -0.4 is 0 Å². The molecule has 1 aliphatic rings. The van der Waals surface area contributed by atoms with E-state index in [0.29, 0.717) is 26.2 Å². The van der Waals surface area contributed by atoms with Crippen molar-refractivity contribution in [1.82, 2.24) is 9.80 Å². The third-order valence-corrected chi connectivity index (χ3v) is 3.55. The maximum absolute atomic E-state index is 12.5. The van der Waals surface area contributed by atoms with E-state index in [4.69, 9.17) is 4.74 Å². The van der Waals surface area contributed by atoms with Crippen LogP contribution in [0.25, 0.3) is 0 Å². The lowest BCUT2D eigenvalue weighted by molar-refractivity contribution is -0.137. The SMILES string of the molecule is CCOC(=O)N1CCN(C(=O)c2ccc(C(F)(F)F)cc2)CC1. The predicted molar refractivity (Wildman–Crippen MR) is 75.9 cm³/mol. The minimum atomic E-state index is -4.42. The molecule has 0 aliphatic carbocycles. The first-order valence-corrected chi connectivity index (χ1v) is 7.21. The molecule has 23 heavy (non-hydrogen) atoms. The molecule has 5 nitrogen and oxygen atoms in total. The van der Waals surface area contributed by atoms with Crippen molar-refractivity contribution in [2.75, 3.05) is 32.8 Å². The lowest BCUT2D eigenvalue weighted by Crippen LogP contribution is -2.50. The molecule has 0 spiro atoms. The quantitative estimate of drug-likeness (QED) is 0.837. The average Bonchev–Trinajstić information content (AvgIpc) is 2.54. The molecule has 8 heteroatoms. The second-order valence-electron chi connectivity index (χ2n) is 5.05. The number of amides is 2. The van der Waals surface area contributed by atoms with Crippen molar-refractivity contribution in [2.24, 2.45) is 0 Å². The van der Waals surface area contributed by atoms with E-state index < -0.39 is 17.8 Å². The molecule has 0 bridgehead atoms. The molecule has 0 saturated carbocycles. The van der Waals surface area contributed by atoms with Crippen LogP contribution in [-0.4, -0.2) is 54.6 Å². The molecule has 1 aromatic carbocycles. The van der Waals surface area contributed by atoms with E-state index in [2.05, 4.69) is 0 Å². The first-order valence-electron chi connectivity index (χ1n) is 7.21. The molecule has 0 N–H and O–H groups in total. The van der Waals surface area contributed by atoms with E-state index in [1.54, 1.807) is 6.92 Å². The van der Waals surface area contributed by atoms with Crippen LogP contribution in [0.3, 0.4) is 0 Å². The highest BCUT2D eigenvalue weighted by molar-refractivity contribution is 5.94. The molecular formula is C15H17F3N2O3. The maximum atomic E-state index is 12.5. The van der Waals surface area contributed by atoms with Gasteiger partial charge in [0.15, 0.2) is 0 Å². The van der Waals surface area contributed by atoms with Gasteiger partial charge >= 0.3 is 12.3 Å². The zero-order valence-electron chi connectivity index (χ0n) is 12.6. The number of carbonyl (C=O) groups is 2. The number of rotatable bonds is 2. The van der Waals surface area contributed by atoms with Crippen LogP contribution in [0.15, 0.2) is 24.3 Å². The fourth-order valence-corrected chi connectivity index (χ4v) is 2.29. The summed E-state index contributed by atoms with van der Waals surface area (Å²) in [6.07, 6.45) is -4.85. The van der Waals surface area contributed by atoms with Gasteiger partial charge in [0.25, 0.3) is 5.91 Å². The number of hydrogen-bond donors (Lipinski definition) is 0. The normalized spacial score (nSPS) is 15.5. The Morgan fingerprint density at radius 1 is 1.04 bits per heavy atom. The van der Waals surface area contributed by atoms with E-state index in [1.165, 1.54) is 21.9 Å². The lowest BCUT2D eigenvalue weighted by atomic mass is 10.1. The summed E-state index contributed by atoms with van der Waals surface area (Å²) in [4.78, 5) is 26.9. The fourth-order valence-electron chi connectivity index (χ4n) is 2.29. The van der Waals surface area contributed by atoms with Gasteiger partial charge in [-0.25, -0.2) is 4.79 Å². The first-order chi connectivity index (χ1) is 10.8. The Bertz CT molecular complexity index is 564. The smallest absolute Gasteiger partial charge is 0.416 e. The Hall–Kier alpha value is -2.25. The minimum absolute atomic E-state index is 0.197. The van der Waals surface area contributed by atoms with Gasteiger partial charge in [-0.3, -0.25) is 4.79 Å². The van der Waals surface area contributed by atoms with E-state index >= 15 is 0 Å². The zero-order chi connectivity index (χ0) is 17.0. The van der Waals surface area contributed by atoms with Crippen LogP contribution in [0.4, 0.5) is 18.0 Å². The van der Waals surface area contributed by atoms with Crippen LogP contribution in [-0.2, 0) is 10.9 Å². The predicted octanol–water partition coefficient (Wildman–Crippen LogP) is 2.62. The molecule has 1 saturated heterocycles. The molecule has 1 aliphatic heterocycles. The molecule has 126 valence electrons. The number of alkyl halides is 3. The summed E-state index contributed by atoms with van der Waals surface area (Å²) in [5.74, 6) is -0.345. The van der Waals surface area contributed by atoms with Crippen molar-refractivity contribution in [3.05, 3.63) is 35.4 Å². The molecule has 0 atom stereocenters. The molecule has 2 rings (SSSR count). The molecular weight excluding hydrogens is 313 g/mol. The minimum Gasteiger partial charge on any atom is -0.450 e. The van der Waals surface area contributed by atoms with Gasteiger partial charge in [0.1, 0.15) is 0 Å². The Kier molecular flexibility index (Phi) is 5.12. The Balaban J connectivity index is 1.96. The number of benzene rings is 1. The molecule has 1 aromatic rings. The summed E-state index contributed by atoms with van der Waals surface area (Å²) in [7, 11) is 0. The summed E-state index contributed by atoms with van der Waals surface area (Å²) >= 11 is 0. The number of halogens is 3. The second-order valence-corrected chi connectivity index (χ2v) is 5.05. The number of piperazine rings is 1. The standard InChI is InChI=1S/C15H17F3N2O3/c1-2-23-14(22)20-9-7-19(8-10-20)13(21)11-3-5-12(6-4-11)15(16,17)18/h3-6H,2,7-10H2,1H3. The number of hydrogen-bond acceptors (Lipinski definition) is 3. The van der Waals surface area contributed by atoms with Gasteiger partial charge in [-0.2, -0.15) is 13.2 Å². The van der Waals surface area contributed by atoms with Gasteiger partial charge in [-0.15, -0.1) is 0 Å². The van der Waals surface area contributed by atoms with Crippen molar-refractivity contribution in [1.29, 1.82) is 0 Å². The Morgan fingerprint density at radius 3 is 2.04 bits per heavy atom. The summed E-state index contributed by atoms with van der Waals surface area (Å²) < 4.78 is 42.4. The van der Waals surface area contributed by atoms with E-state index in [-0.39, 0.29) is 18.1 Å². The van der Waals surface area contributed by atoms with Crippen LogP contribution in [0.1, 0.15) is 22.8 Å². The van der Waals surface area contributed by atoms with Crippen molar-refractivity contribution in [2.45, 2.75) is 13.1 Å². The summed E-state index contributed by atoms with van der Waals surface area (Å²) in [5.41, 5.74) is -0.594. The molecule has 0 radical (unpaired) electrons. The molecule has 0 unspecified atom stereocenters. The van der Waals surface area contributed by atoms with E-state index in [9.17, 15) is 22.8 Å². The Morgan fingerprint density at radius 2 is 1.57 bits per heavy atom. The number of carbonyl (C=O) groups excluding carboxylic acids is 2. The molecule has 0 aromatic heterocycles. The van der Waals surface area contributed by atoms with Crippen molar-refractivity contribution in [3.63, 3.8) is 0 Å². The molecule has 1 fully saturated rings. The van der Waals surface area contributed by atoms with Crippen LogP contribution >= 0.6 is 0 Å². The highest BCUT2D eigenvalue weighted by atomic mass is 19.4. The Labute approximate surface area is 131 Å².